The van der Waals surface area contributed by atoms with Crippen molar-refractivity contribution in [2.75, 3.05) is 25.6 Å². The minimum atomic E-state index is -1.04. The molecule has 3 rings (SSSR count). The lowest BCUT2D eigenvalue weighted by molar-refractivity contribution is -0.119. The van der Waals surface area contributed by atoms with Gasteiger partial charge in [0.1, 0.15) is 11.5 Å². The van der Waals surface area contributed by atoms with Gasteiger partial charge in [0.05, 0.1) is 19.8 Å². The van der Waals surface area contributed by atoms with Crippen LogP contribution in [-0.4, -0.2) is 43.2 Å². The van der Waals surface area contributed by atoms with Crippen molar-refractivity contribution in [3.8, 4) is 5.75 Å². The number of nitrogens with one attached hydrogen (secondary N) is 1. The first kappa shape index (κ1) is 25.8. The first-order valence-electron chi connectivity index (χ1n) is 11.5. The van der Waals surface area contributed by atoms with Crippen molar-refractivity contribution >= 4 is 17.4 Å². The van der Waals surface area contributed by atoms with Gasteiger partial charge in [0.25, 0.3) is 5.91 Å². The largest absolute Gasteiger partial charge is 0.496 e. The van der Waals surface area contributed by atoms with Crippen molar-refractivity contribution in [2.24, 2.45) is 5.92 Å². The molecule has 1 fully saturated rings. The number of aryl methyl sites for hydroxylation is 1. The Morgan fingerprint density at radius 2 is 1.97 bits per heavy atom. The van der Waals surface area contributed by atoms with Gasteiger partial charge in [0.15, 0.2) is 11.6 Å². The second-order valence-corrected chi connectivity index (χ2v) is 8.80. The molecule has 1 amide bonds. The summed E-state index contributed by atoms with van der Waals surface area (Å²) in [5.74, 6) is -1.81. The molecule has 1 heterocycles. The van der Waals surface area contributed by atoms with Crippen LogP contribution in [0.2, 0.25) is 0 Å². The van der Waals surface area contributed by atoms with Gasteiger partial charge in [-0.15, -0.1) is 0 Å². The molecule has 34 heavy (non-hydrogen) atoms. The molecule has 8 heteroatoms. The van der Waals surface area contributed by atoms with E-state index < -0.39 is 23.6 Å². The normalized spacial score (nSPS) is 19.0. The number of ketones is 1. The molecule has 1 aliphatic rings. The Bertz CT molecular complexity index is 1000. The molecule has 1 aliphatic heterocycles. The monoisotopic (exact) mass is 475 g/mol. The first-order chi connectivity index (χ1) is 16.3. The highest BCUT2D eigenvalue weighted by Crippen LogP contribution is 2.25. The van der Waals surface area contributed by atoms with Crippen molar-refractivity contribution in [2.45, 2.75) is 51.6 Å². The van der Waals surface area contributed by atoms with E-state index in [2.05, 4.69) is 5.32 Å². The van der Waals surface area contributed by atoms with Crippen LogP contribution in [0.4, 0.5) is 14.5 Å². The molecule has 1 saturated heterocycles. The second-order valence-electron chi connectivity index (χ2n) is 8.80. The van der Waals surface area contributed by atoms with E-state index in [1.807, 2.05) is 0 Å². The van der Waals surface area contributed by atoms with Crippen LogP contribution in [0.3, 0.4) is 0 Å². The SMILES string of the molecule is COc1ccc(C(=O)Nc2cc(C)c(F)c(F)c2)cc1CC(=O)CC1CCCC(O)COCC1. The summed E-state index contributed by atoms with van der Waals surface area (Å²) in [5, 5.41) is 12.4. The molecular formula is C26H31F2NO5. The van der Waals surface area contributed by atoms with Gasteiger partial charge in [0.2, 0.25) is 0 Å². The van der Waals surface area contributed by atoms with Crippen LogP contribution in [0.25, 0.3) is 0 Å². The topological polar surface area (TPSA) is 84.9 Å². The van der Waals surface area contributed by atoms with E-state index in [0.29, 0.717) is 37.4 Å². The van der Waals surface area contributed by atoms with Gasteiger partial charge >= 0.3 is 0 Å². The average molecular weight is 476 g/mol. The third-order valence-corrected chi connectivity index (χ3v) is 6.04. The average Bonchev–Trinajstić information content (AvgIpc) is 2.89. The number of benzene rings is 2. The van der Waals surface area contributed by atoms with E-state index >= 15 is 0 Å². The van der Waals surface area contributed by atoms with Gasteiger partial charge in [-0.2, -0.15) is 0 Å². The quantitative estimate of drug-likeness (QED) is 0.611. The molecule has 0 aromatic heterocycles. The maximum absolute atomic E-state index is 13.7. The molecule has 0 saturated carbocycles. The number of hydrogen-bond donors (Lipinski definition) is 2. The molecule has 2 atom stereocenters. The van der Waals surface area contributed by atoms with Gasteiger partial charge in [-0.25, -0.2) is 8.78 Å². The fourth-order valence-corrected chi connectivity index (χ4v) is 4.21. The van der Waals surface area contributed by atoms with E-state index in [0.717, 1.165) is 25.3 Å². The zero-order valence-electron chi connectivity index (χ0n) is 19.5. The smallest absolute Gasteiger partial charge is 0.255 e. The number of amides is 1. The molecule has 0 bridgehead atoms. The van der Waals surface area contributed by atoms with Crippen LogP contribution in [0, 0.1) is 24.5 Å². The van der Waals surface area contributed by atoms with Gasteiger partial charge in [-0.3, -0.25) is 9.59 Å². The van der Waals surface area contributed by atoms with E-state index in [4.69, 9.17) is 9.47 Å². The maximum Gasteiger partial charge on any atom is 0.255 e. The highest BCUT2D eigenvalue weighted by atomic mass is 19.2. The van der Waals surface area contributed by atoms with Crippen molar-refractivity contribution < 1.29 is 33.0 Å². The number of carbonyl (C=O) groups excluding carboxylic acids is 2. The number of rotatable bonds is 7. The summed E-state index contributed by atoms with van der Waals surface area (Å²) >= 11 is 0. The molecule has 6 nitrogen and oxygen atoms in total. The Hall–Kier alpha value is -2.84. The first-order valence-corrected chi connectivity index (χ1v) is 11.5. The number of aliphatic hydroxyl groups is 1. The predicted octanol–water partition coefficient (Wildman–Crippen LogP) is 4.60. The summed E-state index contributed by atoms with van der Waals surface area (Å²) in [6, 6.07) is 7.03. The lowest BCUT2D eigenvalue weighted by Gasteiger charge is -2.16. The van der Waals surface area contributed by atoms with Crippen LogP contribution in [0.1, 0.15) is 53.6 Å². The van der Waals surface area contributed by atoms with Gasteiger partial charge in [-0.05, 0) is 61.9 Å². The Labute approximate surface area is 198 Å². The fraction of sp³-hybridized carbons (Fsp3) is 0.462. The Morgan fingerprint density at radius 1 is 1.18 bits per heavy atom. The lowest BCUT2D eigenvalue weighted by Crippen LogP contribution is -2.15. The van der Waals surface area contributed by atoms with Crippen molar-refractivity contribution in [1.29, 1.82) is 0 Å². The number of anilines is 1. The van der Waals surface area contributed by atoms with Crippen molar-refractivity contribution in [3.05, 3.63) is 58.7 Å². The summed E-state index contributed by atoms with van der Waals surface area (Å²) in [6.45, 7) is 2.26. The Morgan fingerprint density at radius 3 is 2.71 bits per heavy atom. The molecule has 2 aromatic rings. The third-order valence-electron chi connectivity index (χ3n) is 6.04. The number of hydrogen-bond acceptors (Lipinski definition) is 5. The maximum atomic E-state index is 13.7. The minimum Gasteiger partial charge on any atom is -0.496 e. The van der Waals surface area contributed by atoms with Gasteiger partial charge in [0, 0.05) is 42.3 Å². The Kier molecular flexibility index (Phi) is 9.12. The van der Waals surface area contributed by atoms with E-state index in [1.165, 1.54) is 20.1 Å². The standard InChI is InChI=1S/C26H31F2NO5/c1-16-10-20(14-23(27)25(16)28)29-26(32)18-6-7-24(33-2)19(12-18)13-22(31)11-17-4-3-5-21(30)15-34-9-8-17/h6-7,10,12,14,17,21,30H,3-5,8-9,11,13,15H2,1-2H3,(H,29,32). The zero-order valence-corrected chi connectivity index (χ0v) is 19.5. The second kappa shape index (κ2) is 12.0. The number of Topliss-reactive ketones (excluding diaryl/α,β-unsaturated/α-hetero) is 1. The summed E-state index contributed by atoms with van der Waals surface area (Å²) in [5.41, 5.74) is 1.08. The minimum absolute atomic E-state index is 0.0249. The molecule has 2 aromatic carbocycles. The molecule has 2 N–H and O–H groups in total. The summed E-state index contributed by atoms with van der Waals surface area (Å²) in [7, 11) is 1.49. The predicted molar refractivity (Wildman–Crippen MR) is 124 cm³/mol. The van der Waals surface area contributed by atoms with Crippen LogP contribution >= 0.6 is 0 Å². The van der Waals surface area contributed by atoms with Gasteiger partial charge in [-0.1, -0.05) is 6.42 Å². The van der Waals surface area contributed by atoms with E-state index in [1.54, 1.807) is 18.2 Å². The molecular weight excluding hydrogens is 444 g/mol. The number of ether oxygens (including phenoxy) is 2. The number of aliphatic hydroxyl groups excluding tert-OH is 1. The zero-order chi connectivity index (χ0) is 24.7. The summed E-state index contributed by atoms with van der Waals surface area (Å²) < 4.78 is 38.1. The van der Waals surface area contributed by atoms with Crippen LogP contribution in [0.5, 0.6) is 5.75 Å². The van der Waals surface area contributed by atoms with Crippen LogP contribution < -0.4 is 10.1 Å². The highest BCUT2D eigenvalue weighted by Gasteiger charge is 2.20. The summed E-state index contributed by atoms with van der Waals surface area (Å²) in [4.78, 5) is 25.6. The summed E-state index contributed by atoms with van der Waals surface area (Å²) in [6.07, 6.45) is 3.13. The molecule has 0 spiro atoms. The third kappa shape index (κ3) is 7.08. The highest BCUT2D eigenvalue weighted by molar-refractivity contribution is 6.04. The number of carbonyl (C=O) groups is 2. The Balaban J connectivity index is 1.68. The fourth-order valence-electron chi connectivity index (χ4n) is 4.21. The molecule has 2 unspecified atom stereocenters. The lowest BCUT2D eigenvalue weighted by atomic mass is 9.90. The molecule has 0 aliphatic carbocycles. The van der Waals surface area contributed by atoms with Gasteiger partial charge < -0.3 is 19.9 Å². The van der Waals surface area contributed by atoms with Crippen molar-refractivity contribution in [1.82, 2.24) is 0 Å². The van der Waals surface area contributed by atoms with Crippen molar-refractivity contribution in [3.63, 3.8) is 0 Å². The molecule has 184 valence electrons. The number of methoxy groups -OCH3 is 1. The van der Waals surface area contributed by atoms with Crippen LogP contribution in [-0.2, 0) is 16.0 Å². The number of halogens is 2. The molecule has 0 radical (unpaired) electrons. The van der Waals surface area contributed by atoms with Crippen LogP contribution in [0.15, 0.2) is 30.3 Å². The van der Waals surface area contributed by atoms with E-state index in [9.17, 15) is 23.5 Å². The van der Waals surface area contributed by atoms with E-state index in [-0.39, 0.29) is 34.9 Å².